The Morgan fingerprint density at radius 1 is 1.10 bits per heavy atom. The lowest BCUT2D eigenvalue weighted by molar-refractivity contribution is 0.323. The Hall–Kier alpha value is -2.91. The van der Waals surface area contributed by atoms with E-state index in [9.17, 15) is 0 Å². The highest BCUT2D eigenvalue weighted by Crippen LogP contribution is 2.33. The van der Waals surface area contributed by atoms with Gasteiger partial charge in [-0.1, -0.05) is 5.16 Å². The van der Waals surface area contributed by atoms with Crippen LogP contribution in [-0.4, -0.2) is 43.1 Å². The van der Waals surface area contributed by atoms with Gasteiger partial charge in [-0.25, -0.2) is 9.97 Å². The third kappa shape index (κ3) is 3.78. The zero-order chi connectivity index (χ0) is 20.5. The van der Waals surface area contributed by atoms with Gasteiger partial charge in [0, 0.05) is 22.8 Å². The number of nitrogens with zero attached hydrogens (tertiary/aromatic N) is 6. The lowest BCUT2D eigenvalue weighted by atomic mass is 10.2. The van der Waals surface area contributed by atoms with E-state index in [-0.39, 0.29) is 0 Å². The van der Waals surface area contributed by atoms with E-state index in [1.807, 2.05) is 12.1 Å². The molecule has 0 saturated carbocycles. The molecule has 1 aliphatic rings. The molecule has 5 heterocycles. The minimum absolute atomic E-state index is 0.404. The molecule has 154 valence electrons. The van der Waals surface area contributed by atoms with E-state index in [0.29, 0.717) is 18.3 Å². The highest BCUT2D eigenvalue weighted by Gasteiger charge is 2.18. The molecule has 0 unspecified atom stereocenters. The first kappa shape index (κ1) is 19.1. The first-order chi connectivity index (χ1) is 14.7. The lowest BCUT2D eigenvalue weighted by Crippen LogP contribution is -2.20. The van der Waals surface area contributed by atoms with Gasteiger partial charge in [0.15, 0.2) is 0 Å². The van der Waals surface area contributed by atoms with Gasteiger partial charge in [-0.2, -0.15) is 4.98 Å². The van der Waals surface area contributed by atoms with Gasteiger partial charge in [0.2, 0.25) is 11.7 Å². The summed E-state index contributed by atoms with van der Waals surface area (Å²) in [7, 11) is 0. The van der Waals surface area contributed by atoms with Crippen molar-refractivity contribution in [3.8, 4) is 11.4 Å². The topological polar surface area (TPSA) is 92.9 Å². The monoisotopic (exact) mass is 421 g/mol. The summed E-state index contributed by atoms with van der Waals surface area (Å²) in [6.07, 6.45) is 5.93. The van der Waals surface area contributed by atoms with Crippen molar-refractivity contribution in [2.45, 2.75) is 39.8 Å². The predicted molar refractivity (Wildman–Crippen MR) is 116 cm³/mol. The molecule has 1 saturated heterocycles. The SMILES string of the molecule is Cc1sc2nc(CN3CCCC3)nc(NCc3nc(-c4ccncc4)no3)c2c1C. The molecular weight excluding hydrogens is 398 g/mol. The van der Waals surface area contributed by atoms with Crippen molar-refractivity contribution in [1.82, 2.24) is 30.0 Å². The molecule has 4 aromatic heterocycles. The largest absolute Gasteiger partial charge is 0.360 e. The molecule has 0 aliphatic carbocycles. The highest BCUT2D eigenvalue weighted by molar-refractivity contribution is 7.18. The summed E-state index contributed by atoms with van der Waals surface area (Å²) in [5, 5.41) is 8.57. The van der Waals surface area contributed by atoms with Gasteiger partial charge in [0.05, 0.1) is 18.5 Å². The molecule has 5 rings (SSSR count). The van der Waals surface area contributed by atoms with Crippen molar-refractivity contribution < 1.29 is 4.52 Å². The van der Waals surface area contributed by atoms with Crippen molar-refractivity contribution in [1.29, 1.82) is 0 Å². The fourth-order valence-corrected chi connectivity index (χ4v) is 4.79. The summed E-state index contributed by atoms with van der Waals surface area (Å²) in [5.41, 5.74) is 2.09. The Morgan fingerprint density at radius 3 is 2.70 bits per heavy atom. The summed E-state index contributed by atoms with van der Waals surface area (Å²) >= 11 is 1.72. The summed E-state index contributed by atoms with van der Waals surface area (Å²) < 4.78 is 5.43. The van der Waals surface area contributed by atoms with Crippen LogP contribution in [0.25, 0.3) is 21.6 Å². The standard InChI is InChI=1S/C21H23N7OS/c1-13-14(2)30-21-18(13)20(24-16(25-21)12-28-9-3-4-10-28)23-11-17-26-19(27-29-17)15-5-7-22-8-6-15/h5-8H,3-4,9-12H2,1-2H3,(H,23,24,25). The number of hydrogen-bond acceptors (Lipinski definition) is 9. The number of pyridine rings is 1. The lowest BCUT2D eigenvalue weighted by Gasteiger charge is -2.14. The Kier molecular flexibility index (Phi) is 5.14. The molecule has 9 heteroatoms. The number of fused-ring (bicyclic) bond motifs is 1. The zero-order valence-electron chi connectivity index (χ0n) is 17.1. The maximum Gasteiger partial charge on any atom is 0.246 e. The van der Waals surface area contributed by atoms with Gasteiger partial charge in [-0.15, -0.1) is 11.3 Å². The molecule has 0 atom stereocenters. The molecule has 0 aromatic carbocycles. The summed E-state index contributed by atoms with van der Waals surface area (Å²) in [4.78, 5) is 22.9. The fourth-order valence-electron chi connectivity index (χ4n) is 3.74. The fraction of sp³-hybridized carbons (Fsp3) is 0.381. The third-order valence-corrected chi connectivity index (χ3v) is 6.55. The Labute approximate surface area is 178 Å². The average molecular weight is 422 g/mol. The van der Waals surface area contributed by atoms with E-state index in [1.165, 1.54) is 23.3 Å². The molecule has 8 nitrogen and oxygen atoms in total. The predicted octanol–water partition coefficient (Wildman–Crippen LogP) is 3.96. The van der Waals surface area contributed by atoms with Crippen molar-refractivity contribution >= 4 is 27.4 Å². The maximum absolute atomic E-state index is 5.43. The van der Waals surface area contributed by atoms with Crippen molar-refractivity contribution in [3.05, 3.63) is 46.7 Å². The van der Waals surface area contributed by atoms with Crippen LogP contribution in [0.5, 0.6) is 0 Å². The first-order valence-corrected chi connectivity index (χ1v) is 10.9. The molecule has 30 heavy (non-hydrogen) atoms. The second-order valence-corrected chi connectivity index (χ2v) is 8.74. The van der Waals surface area contributed by atoms with Crippen molar-refractivity contribution in [2.75, 3.05) is 18.4 Å². The van der Waals surface area contributed by atoms with Gasteiger partial charge < -0.3 is 9.84 Å². The van der Waals surface area contributed by atoms with Crippen LogP contribution in [0.2, 0.25) is 0 Å². The number of hydrogen-bond donors (Lipinski definition) is 1. The van der Waals surface area contributed by atoms with Crippen LogP contribution in [-0.2, 0) is 13.1 Å². The van der Waals surface area contributed by atoms with Crippen LogP contribution in [0.15, 0.2) is 29.0 Å². The molecule has 0 bridgehead atoms. The van der Waals surface area contributed by atoms with Crippen LogP contribution in [0.3, 0.4) is 0 Å². The van der Waals surface area contributed by atoms with E-state index in [2.05, 4.69) is 39.2 Å². The molecule has 0 spiro atoms. The summed E-state index contributed by atoms with van der Waals surface area (Å²) in [6, 6.07) is 3.72. The quantitative estimate of drug-likeness (QED) is 0.500. The normalized spacial score (nSPS) is 14.6. The van der Waals surface area contributed by atoms with Gasteiger partial charge in [0.25, 0.3) is 0 Å². The molecule has 0 radical (unpaired) electrons. The van der Waals surface area contributed by atoms with Crippen molar-refractivity contribution in [3.63, 3.8) is 0 Å². The van der Waals surface area contributed by atoms with Crippen LogP contribution < -0.4 is 5.32 Å². The number of aryl methyl sites for hydroxylation is 2. The van der Waals surface area contributed by atoms with Crippen LogP contribution in [0, 0.1) is 13.8 Å². The zero-order valence-corrected chi connectivity index (χ0v) is 17.9. The van der Waals surface area contributed by atoms with Gasteiger partial charge in [-0.3, -0.25) is 9.88 Å². The summed E-state index contributed by atoms with van der Waals surface area (Å²) in [6.45, 7) is 7.68. The van der Waals surface area contributed by atoms with E-state index in [4.69, 9.17) is 14.5 Å². The second-order valence-electron chi connectivity index (χ2n) is 7.54. The Morgan fingerprint density at radius 2 is 1.90 bits per heavy atom. The van der Waals surface area contributed by atoms with Crippen LogP contribution >= 0.6 is 11.3 Å². The third-order valence-electron chi connectivity index (χ3n) is 5.45. The Bertz CT molecular complexity index is 1170. The molecule has 1 N–H and O–H groups in total. The number of anilines is 1. The average Bonchev–Trinajstić information content (AvgIpc) is 3.49. The summed E-state index contributed by atoms with van der Waals surface area (Å²) in [5.74, 6) is 2.76. The van der Waals surface area contributed by atoms with Gasteiger partial charge in [0.1, 0.15) is 16.5 Å². The van der Waals surface area contributed by atoms with E-state index in [0.717, 1.165) is 47.1 Å². The van der Waals surface area contributed by atoms with Gasteiger partial charge >= 0.3 is 0 Å². The number of nitrogens with one attached hydrogen (secondary N) is 1. The molecule has 0 amide bonds. The molecule has 1 aliphatic heterocycles. The maximum atomic E-state index is 5.43. The van der Waals surface area contributed by atoms with Crippen LogP contribution in [0.1, 0.15) is 35.0 Å². The van der Waals surface area contributed by atoms with E-state index in [1.54, 1.807) is 23.7 Å². The number of likely N-dealkylation sites (tertiary alicyclic amines) is 1. The molecular formula is C21H23N7OS. The molecule has 4 aromatic rings. The number of thiophene rings is 1. The second kappa shape index (κ2) is 8.08. The minimum atomic E-state index is 0.404. The Balaban J connectivity index is 1.40. The minimum Gasteiger partial charge on any atom is -0.360 e. The van der Waals surface area contributed by atoms with Crippen LogP contribution in [0.4, 0.5) is 5.82 Å². The van der Waals surface area contributed by atoms with Gasteiger partial charge in [-0.05, 0) is 57.5 Å². The van der Waals surface area contributed by atoms with Crippen molar-refractivity contribution in [2.24, 2.45) is 0 Å². The first-order valence-electron chi connectivity index (χ1n) is 10.1. The molecule has 1 fully saturated rings. The highest BCUT2D eigenvalue weighted by atomic mass is 32.1. The number of rotatable bonds is 6. The van der Waals surface area contributed by atoms with E-state index >= 15 is 0 Å². The number of aromatic nitrogens is 5. The smallest absolute Gasteiger partial charge is 0.246 e. The van der Waals surface area contributed by atoms with E-state index < -0.39 is 0 Å².